The molecular weight excluding hydrogens is 412 g/mol. The van der Waals surface area contributed by atoms with Gasteiger partial charge in [0.25, 0.3) is 11.6 Å². The molecule has 0 bridgehead atoms. The van der Waals surface area contributed by atoms with Gasteiger partial charge in [-0.05, 0) is 49.8 Å². The van der Waals surface area contributed by atoms with Crippen molar-refractivity contribution in [3.05, 3.63) is 68.2 Å². The van der Waals surface area contributed by atoms with E-state index in [4.69, 9.17) is 23.8 Å². The Morgan fingerprint density at radius 2 is 1.83 bits per heavy atom. The molecule has 0 unspecified atom stereocenters. The molecule has 0 atom stereocenters. The van der Waals surface area contributed by atoms with Gasteiger partial charge in [0.15, 0.2) is 5.11 Å². The standard InChI is InChI=1S/C20H21ClN4O3S/c1-13-3-5-16(14(2)11-13)19(26)22-20(29)24-9-7-23(8-10-24)17-6-4-15(21)12-18(17)25(27)28/h3-6,11-12H,7-10H2,1-2H3,(H,22,26,29). The smallest absolute Gasteiger partial charge is 0.294 e. The van der Waals surface area contributed by atoms with Crippen LogP contribution in [0, 0.1) is 24.0 Å². The molecule has 2 aromatic rings. The van der Waals surface area contributed by atoms with E-state index in [1.54, 1.807) is 18.2 Å². The molecule has 7 nitrogen and oxygen atoms in total. The minimum Gasteiger partial charge on any atom is -0.362 e. The molecule has 1 aliphatic rings. The number of carbonyl (C=O) groups is 1. The monoisotopic (exact) mass is 432 g/mol. The van der Waals surface area contributed by atoms with Crippen molar-refractivity contribution in [3.63, 3.8) is 0 Å². The van der Waals surface area contributed by atoms with Crippen LogP contribution in [0.1, 0.15) is 21.5 Å². The Balaban J connectivity index is 1.63. The third kappa shape index (κ3) is 4.83. The maximum atomic E-state index is 12.5. The first-order valence-corrected chi connectivity index (χ1v) is 9.91. The lowest BCUT2D eigenvalue weighted by atomic mass is 10.1. The molecule has 3 rings (SSSR count). The van der Waals surface area contributed by atoms with E-state index in [1.165, 1.54) is 6.07 Å². The van der Waals surface area contributed by atoms with Gasteiger partial charge in [-0.15, -0.1) is 0 Å². The van der Waals surface area contributed by atoms with E-state index in [0.29, 0.717) is 47.6 Å². The number of nitrogens with zero attached hydrogens (tertiary/aromatic N) is 3. The van der Waals surface area contributed by atoms with Gasteiger partial charge in [-0.3, -0.25) is 20.2 Å². The second-order valence-electron chi connectivity index (χ2n) is 6.94. The average molecular weight is 433 g/mol. The number of hydrogen-bond donors (Lipinski definition) is 1. The molecule has 0 saturated carbocycles. The zero-order valence-electron chi connectivity index (χ0n) is 16.1. The molecule has 2 aromatic carbocycles. The molecule has 0 aliphatic carbocycles. The summed E-state index contributed by atoms with van der Waals surface area (Å²) in [4.78, 5) is 27.3. The second-order valence-corrected chi connectivity index (χ2v) is 7.77. The number of rotatable bonds is 3. The SMILES string of the molecule is Cc1ccc(C(=O)NC(=S)N2CCN(c3ccc(Cl)cc3[N+](=O)[O-])CC2)c(C)c1. The first kappa shape index (κ1) is 21.0. The highest BCUT2D eigenvalue weighted by molar-refractivity contribution is 7.80. The second kappa shape index (κ2) is 8.75. The molecule has 152 valence electrons. The number of benzene rings is 2. The van der Waals surface area contributed by atoms with E-state index in [2.05, 4.69) is 5.32 Å². The van der Waals surface area contributed by atoms with E-state index in [9.17, 15) is 14.9 Å². The van der Waals surface area contributed by atoms with Crippen molar-refractivity contribution < 1.29 is 9.72 Å². The van der Waals surface area contributed by atoms with Crippen LogP contribution in [-0.4, -0.2) is 47.0 Å². The Kier molecular flexibility index (Phi) is 6.34. The Morgan fingerprint density at radius 1 is 1.14 bits per heavy atom. The normalized spacial score (nSPS) is 13.9. The van der Waals surface area contributed by atoms with Gasteiger partial charge in [0.05, 0.1) is 4.92 Å². The fourth-order valence-corrected chi connectivity index (χ4v) is 3.81. The number of nitro groups is 1. The Bertz CT molecular complexity index is 974. The minimum absolute atomic E-state index is 0.0170. The van der Waals surface area contributed by atoms with Crippen LogP contribution in [0.3, 0.4) is 0 Å². The molecule has 1 saturated heterocycles. The van der Waals surface area contributed by atoms with E-state index in [0.717, 1.165) is 11.1 Å². The predicted octanol–water partition coefficient (Wildman–Crippen LogP) is 3.70. The molecule has 1 fully saturated rings. The summed E-state index contributed by atoms with van der Waals surface area (Å²) in [5.41, 5.74) is 3.09. The fourth-order valence-electron chi connectivity index (χ4n) is 3.37. The van der Waals surface area contributed by atoms with Gasteiger partial charge in [-0.25, -0.2) is 0 Å². The van der Waals surface area contributed by atoms with Crippen LogP contribution >= 0.6 is 23.8 Å². The van der Waals surface area contributed by atoms with E-state index in [-0.39, 0.29) is 11.6 Å². The summed E-state index contributed by atoms with van der Waals surface area (Å²) in [6.07, 6.45) is 0. The zero-order chi connectivity index (χ0) is 21.1. The lowest BCUT2D eigenvalue weighted by molar-refractivity contribution is -0.384. The number of hydrogen-bond acceptors (Lipinski definition) is 5. The molecule has 1 heterocycles. The summed E-state index contributed by atoms with van der Waals surface area (Å²) in [6.45, 7) is 6.05. The predicted molar refractivity (Wildman–Crippen MR) is 118 cm³/mol. The number of thiocarbonyl (C=S) groups is 1. The van der Waals surface area contributed by atoms with Crippen molar-refractivity contribution in [2.45, 2.75) is 13.8 Å². The quantitative estimate of drug-likeness (QED) is 0.452. The molecule has 0 spiro atoms. The van der Waals surface area contributed by atoms with Gasteiger partial charge in [-0.1, -0.05) is 29.3 Å². The number of piperazine rings is 1. The summed E-state index contributed by atoms with van der Waals surface area (Å²) in [5.74, 6) is -0.233. The lowest BCUT2D eigenvalue weighted by Gasteiger charge is -2.37. The number of aryl methyl sites for hydroxylation is 2. The maximum Gasteiger partial charge on any atom is 0.294 e. The maximum absolute atomic E-state index is 12.5. The van der Waals surface area contributed by atoms with Crippen molar-refractivity contribution in [1.82, 2.24) is 10.2 Å². The molecular formula is C20H21ClN4O3S. The zero-order valence-corrected chi connectivity index (χ0v) is 17.7. The summed E-state index contributed by atoms with van der Waals surface area (Å²) >= 11 is 11.3. The van der Waals surface area contributed by atoms with E-state index < -0.39 is 4.92 Å². The van der Waals surface area contributed by atoms with Gasteiger partial charge < -0.3 is 9.80 Å². The lowest BCUT2D eigenvalue weighted by Crippen LogP contribution is -2.52. The number of nitro benzene ring substituents is 1. The fraction of sp³-hybridized carbons (Fsp3) is 0.300. The topological polar surface area (TPSA) is 78.7 Å². The Morgan fingerprint density at radius 3 is 2.45 bits per heavy atom. The van der Waals surface area contributed by atoms with Crippen molar-refractivity contribution in [3.8, 4) is 0 Å². The Labute approximate surface area is 179 Å². The first-order chi connectivity index (χ1) is 13.8. The molecule has 1 amide bonds. The highest BCUT2D eigenvalue weighted by atomic mass is 35.5. The molecule has 29 heavy (non-hydrogen) atoms. The molecule has 1 aliphatic heterocycles. The first-order valence-electron chi connectivity index (χ1n) is 9.12. The minimum atomic E-state index is -0.428. The number of anilines is 1. The van der Waals surface area contributed by atoms with E-state index >= 15 is 0 Å². The van der Waals surface area contributed by atoms with Crippen LogP contribution < -0.4 is 10.2 Å². The van der Waals surface area contributed by atoms with Crippen molar-refractivity contribution >= 4 is 46.2 Å². The van der Waals surface area contributed by atoms with Crippen LogP contribution in [0.15, 0.2) is 36.4 Å². The van der Waals surface area contributed by atoms with Gasteiger partial charge in [-0.2, -0.15) is 0 Å². The van der Waals surface area contributed by atoms with Crippen LogP contribution in [0.25, 0.3) is 0 Å². The van der Waals surface area contributed by atoms with Gasteiger partial charge in [0, 0.05) is 42.8 Å². The highest BCUT2D eigenvalue weighted by Gasteiger charge is 2.25. The van der Waals surface area contributed by atoms with Crippen LogP contribution in [0.2, 0.25) is 5.02 Å². The molecule has 9 heteroatoms. The summed E-state index contributed by atoms with van der Waals surface area (Å²) in [7, 11) is 0. The van der Waals surface area contributed by atoms with Crippen LogP contribution in [0.5, 0.6) is 0 Å². The average Bonchev–Trinajstić information content (AvgIpc) is 2.67. The number of halogens is 1. The summed E-state index contributed by atoms with van der Waals surface area (Å²) < 4.78 is 0. The number of carbonyl (C=O) groups excluding carboxylic acids is 1. The highest BCUT2D eigenvalue weighted by Crippen LogP contribution is 2.31. The van der Waals surface area contributed by atoms with E-state index in [1.807, 2.05) is 35.8 Å². The van der Waals surface area contributed by atoms with Crippen molar-refractivity contribution in [2.24, 2.45) is 0 Å². The van der Waals surface area contributed by atoms with Gasteiger partial charge in [0.1, 0.15) is 5.69 Å². The third-order valence-corrected chi connectivity index (χ3v) is 5.48. The Hall–Kier alpha value is -2.71. The summed E-state index contributed by atoms with van der Waals surface area (Å²) in [5, 5.41) is 14.8. The van der Waals surface area contributed by atoms with Crippen LogP contribution in [-0.2, 0) is 0 Å². The van der Waals surface area contributed by atoms with Crippen molar-refractivity contribution in [2.75, 3.05) is 31.1 Å². The van der Waals surface area contributed by atoms with Crippen LogP contribution in [0.4, 0.5) is 11.4 Å². The molecule has 0 radical (unpaired) electrons. The van der Waals surface area contributed by atoms with Gasteiger partial charge >= 0.3 is 0 Å². The number of nitrogens with one attached hydrogen (secondary N) is 1. The largest absolute Gasteiger partial charge is 0.362 e. The number of amides is 1. The van der Waals surface area contributed by atoms with Gasteiger partial charge in [0.2, 0.25) is 0 Å². The third-order valence-electron chi connectivity index (χ3n) is 4.89. The molecule has 0 aromatic heterocycles. The molecule has 1 N–H and O–H groups in total. The summed E-state index contributed by atoms with van der Waals surface area (Å²) in [6, 6.07) is 10.3. The van der Waals surface area contributed by atoms with Crippen molar-refractivity contribution in [1.29, 1.82) is 0 Å².